The molecule has 0 bridgehead atoms. The third-order valence-electron chi connectivity index (χ3n) is 5.05. The summed E-state index contributed by atoms with van der Waals surface area (Å²) in [6, 6.07) is 10.7. The molecule has 0 aliphatic heterocycles. The fourth-order valence-electron chi connectivity index (χ4n) is 3.78. The molecule has 3 rings (SSSR count). The van der Waals surface area contributed by atoms with Crippen LogP contribution < -0.4 is 5.32 Å². The van der Waals surface area contributed by atoms with E-state index in [9.17, 15) is 13.6 Å². The monoisotopic (exact) mass is 345 g/mol. The second kappa shape index (κ2) is 7.31. The minimum Gasteiger partial charge on any atom is -0.478 e. The topological polar surface area (TPSA) is 49.3 Å². The molecule has 0 unspecified atom stereocenters. The number of rotatable bonds is 6. The maximum Gasteiger partial charge on any atom is 0.335 e. The van der Waals surface area contributed by atoms with Gasteiger partial charge in [0.05, 0.1) is 5.56 Å². The Morgan fingerprint density at radius 3 is 2.20 bits per heavy atom. The van der Waals surface area contributed by atoms with Gasteiger partial charge in [-0.3, -0.25) is 0 Å². The van der Waals surface area contributed by atoms with Gasteiger partial charge in [0.15, 0.2) is 0 Å². The van der Waals surface area contributed by atoms with Crippen LogP contribution in [0.15, 0.2) is 42.5 Å². The summed E-state index contributed by atoms with van der Waals surface area (Å²) >= 11 is 0. The Labute approximate surface area is 145 Å². The van der Waals surface area contributed by atoms with Crippen molar-refractivity contribution >= 4 is 5.97 Å². The molecule has 0 aromatic heterocycles. The van der Waals surface area contributed by atoms with E-state index in [-0.39, 0.29) is 11.1 Å². The number of carboxylic acid groups (broad SMARTS) is 1. The molecule has 3 nitrogen and oxygen atoms in total. The lowest BCUT2D eigenvalue weighted by molar-refractivity contribution is 0.0697. The van der Waals surface area contributed by atoms with Crippen molar-refractivity contribution in [3.63, 3.8) is 0 Å². The molecule has 132 valence electrons. The molecule has 0 amide bonds. The summed E-state index contributed by atoms with van der Waals surface area (Å²) in [5.41, 5.74) is 0.856. The molecule has 5 heteroatoms. The molecule has 1 saturated carbocycles. The van der Waals surface area contributed by atoms with Gasteiger partial charge in [0, 0.05) is 24.1 Å². The highest BCUT2D eigenvalue weighted by atomic mass is 19.1. The van der Waals surface area contributed by atoms with Crippen LogP contribution in [0.2, 0.25) is 0 Å². The highest BCUT2D eigenvalue weighted by Gasteiger charge is 2.39. The molecule has 2 N–H and O–H groups in total. The first-order chi connectivity index (χ1) is 12.0. The molecule has 2 aromatic carbocycles. The van der Waals surface area contributed by atoms with Gasteiger partial charge in [-0.1, -0.05) is 31.0 Å². The van der Waals surface area contributed by atoms with E-state index in [4.69, 9.17) is 5.11 Å². The Bertz CT molecular complexity index is 733. The first-order valence-electron chi connectivity index (χ1n) is 8.49. The van der Waals surface area contributed by atoms with Crippen LogP contribution >= 0.6 is 0 Å². The highest BCUT2D eigenvalue weighted by molar-refractivity contribution is 5.87. The zero-order valence-corrected chi connectivity index (χ0v) is 13.9. The molecule has 25 heavy (non-hydrogen) atoms. The molecule has 2 aromatic rings. The van der Waals surface area contributed by atoms with Gasteiger partial charge in [-0.25, -0.2) is 13.6 Å². The zero-order chi connectivity index (χ0) is 17.9. The number of nitrogens with one attached hydrogen (secondary N) is 1. The fourth-order valence-corrected chi connectivity index (χ4v) is 3.78. The summed E-state index contributed by atoms with van der Waals surface area (Å²) < 4.78 is 28.6. The fraction of sp³-hybridized carbons (Fsp3) is 0.350. The van der Waals surface area contributed by atoms with E-state index < -0.39 is 23.0 Å². The second-order valence-corrected chi connectivity index (χ2v) is 6.69. The maximum absolute atomic E-state index is 14.3. The Morgan fingerprint density at radius 1 is 1.04 bits per heavy atom. The van der Waals surface area contributed by atoms with Crippen LogP contribution in [0.1, 0.15) is 47.2 Å². The molecule has 1 fully saturated rings. The van der Waals surface area contributed by atoms with Crippen LogP contribution in [0.3, 0.4) is 0 Å². The molecule has 0 heterocycles. The average Bonchev–Trinajstić information content (AvgIpc) is 3.04. The molecule has 1 aliphatic rings. The number of carbonyl (C=O) groups is 1. The minimum absolute atomic E-state index is 0.196. The van der Waals surface area contributed by atoms with Crippen molar-refractivity contribution in [1.82, 2.24) is 5.32 Å². The first-order valence-corrected chi connectivity index (χ1v) is 8.49. The molecule has 0 spiro atoms. The van der Waals surface area contributed by atoms with Crippen molar-refractivity contribution in [3.8, 4) is 0 Å². The van der Waals surface area contributed by atoms with Crippen molar-refractivity contribution in [2.75, 3.05) is 6.54 Å². The van der Waals surface area contributed by atoms with Crippen molar-refractivity contribution in [3.05, 3.63) is 70.8 Å². The summed E-state index contributed by atoms with van der Waals surface area (Å²) in [4.78, 5) is 10.9. The summed E-state index contributed by atoms with van der Waals surface area (Å²) in [7, 11) is 0. The Kier molecular flexibility index (Phi) is 5.13. The van der Waals surface area contributed by atoms with Gasteiger partial charge in [-0.2, -0.15) is 0 Å². The standard InChI is InChI=1S/C20H21F2NO2/c21-16-4-3-5-17(22)18(16)20(10-1-2-11-20)13-23-12-14-6-8-15(9-7-14)19(24)25/h3-9,23H,1-2,10-13H2,(H,24,25). The van der Waals surface area contributed by atoms with E-state index in [0.717, 1.165) is 31.2 Å². The normalized spacial score (nSPS) is 16.1. The highest BCUT2D eigenvalue weighted by Crippen LogP contribution is 2.42. The van der Waals surface area contributed by atoms with Gasteiger partial charge in [0.25, 0.3) is 0 Å². The lowest BCUT2D eigenvalue weighted by Gasteiger charge is -2.31. The average molecular weight is 345 g/mol. The largest absolute Gasteiger partial charge is 0.478 e. The van der Waals surface area contributed by atoms with Crippen LogP contribution in [-0.4, -0.2) is 17.6 Å². The Morgan fingerprint density at radius 2 is 1.64 bits per heavy atom. The van der Waals surface area contributed by atoms with E-state index >= 15 is 0 Å². The minimum atomic E-state index is -0.959. The SMILES string of the molecule is O=C(O)c1ccc(CNCC2(c3c(F)cccc3F)CCCC2)cc1. The molecule has 0 saturated heterocycles. The lowest BCUT2D eigenvalue weighted by atomic mass is 9.78. The lowest BCUT2D eigenvalue weighted by Crippen LogP contribution is -2.37. The van der Waals surface area contributed by atoms with Crippen LogP contribution in [0, 0.1) is 11.6 Å². The first kappa shape index (κ1) is 17.5. The smallest absolute Gasteiger partial charge is 0.335 e. The van der Waals surface area contributed by atoms with E-state index in [1.807, 2.05) is 0 Å². The van der Waals surface area contributed by atoms with E-state index in [0.29, 0.717) is 13.1 Å². The van der Waals surface area contributed by atoms with Gasteiger partial charge in [0.1, 0.15) is 11.6 Å². The van der Waals surface area contributed by atoms with E-state index in [1.165, 1.54) is 18.2 Å². The molecular weight excluding hydrogens is 324 g/mol. The summed E-state index contributed by atoms with van der Waals surface area (Å²) in [5, 5.41) is 12.2. The predicted octanol–water partition coefficient (Wildman–Crippen LogP) is 4.26. The van der Waals surface area contributed by atoms with Gasteiger partial charge in [-0.05, 0) is 42.7 Å². The third-order valence-corrected chi connectivity index (χ3v) is 5.05. The number of hydrogen-bond acceptors (Lipinski definition) is 2. The van der Waals surface area contributed by atoms with Crippen molar-refractivity contribution < 1.29 is 18.7 Å². The summed E-state index contributed by atoms with van der Waals surface area (Å²) in [5.74, 6) is -1.91. The summed E-state index contributed by atoms with van der Waals surface area (Å²) in [6.07, 6.45) is 3.44. The zero-order valence-electron chi connectivity index (χ0n) is 13.9. The van der Waals surface area contributed by atoms with Crippen molar-refractivity contribution in [2.45, 2.75) is 37.6 Å². The van der Waals surface area contributed by atoms with Gasteiger partial charge in [-0.15, -0.1) is 0 Å². The van der Waals surface area contributed by atoms with Crippen LogP contribution in [-0.2, 0) is 12.0 Å². The van der Waals surface area contributed by atoms with Crippen LogP contribution in [0.25, 0.3) is 0 Å². The number of halogens is 2. The van der Waals surface area contributed by atoms with Crippen molar-refractivity contribution in [2.24, 2.45) is 0 Å². The molecular formula is C20H21F2NO2. The van der Waals surface area contributed by atoms with E-state index in [2.05, 4.69) is 5.32 Å². The number of hydrogen-bond donors (Lipinski definition) is 2. The quantitative estimate of drug-likeness (QED) is 0.822. The summed E-state index contributed by atoms with van der Waals surface area (Å²) in [6.45, 7) is 1.02. The van der Waals surface area contributed by atoms with Gasteiger partial charge in [0.2, 0.25) is 0 Å². The number of benzene rings is 2. The van der Waals surface area contributed by atoms with Crippen LogP contribution in [0.4, 0.5) is 8.78 Å². The van der Waals surface area contributed by atoms with Gasteiger partial charge < -0.3 is 10.4 Å². The molecule has 0 atom stereocenters. The number of aromatic carboxylic acids is 1. The maximum atomic E-state index is 14.3. The van der Waals surface area contributed by atoms with Crippen molar-refractivity contribution in [1.29, 1.82) is 0 Å². The second-order valence-electron chi connectivity index (χ2n) is 6.69. The van der Waals surface area contributed by atoms with Crippen LogP contribution in [0.5, 0.6) is 0 Å². The van der Waals surface area contributed by atoms with E-state index in [1.54, 1.807) is 24.3 Å². The number of carboxylic acids is 1. The Hall–Kier alpha value is -2.27. The van der Waals surface area contributed by atoms with Gasteiger partial charge >= 0.3 is 5.97 Å². The molecule has 0 radical (unpaired) electrons. The predicted molar refractivity (Wildman–Crippen MR) is 91.6 cm³/mol. The Balaban J connectivity index is 1.72. The molecule has 1 aliphatic carbocycles. The third kappa shape index (κ3) is 3.71.